The zero-order valence-electron chi connectivity index (χ0n) is 9.47. The Labute approximate surface area is 118 Å². The van der Waals surface area contributed by atoms with Crippen LogP contribution >= 0.6 is 15.9 Å². The maximum atomic E-state index is 13.8. The fourth-order valence-corrected chi connectivity index (χ4v) is 3.26. The van der Waals surface area contributed by atoms with E-state index in [4.69, 9.17) is 16.3 Å². The second kappa shape index (κ2) is 5.97. The lowest BCUT2D eigenvalue weighted by molar-refractivity contribution is 0.471. The summed E-state index contributed by atoms with van der Waals surface area (Å²) < 4.78 is 38.6. The van der Waals surface area contributed by atoms with Crippen molar-refractivity contribution in [3.05, 3.63) is 22.4 Å². The van der Waals surface area contributed by atoms with Gasteiger partial charge < -0.3 is 5.73 Å². The molecule has 0 heterocycles. The smallest absolute Gasteiger partial charge is 0.248 e. The lowest BCUT2D eigenvalue weighted by Crippen LogP contribution is -2.32. The molecule has 0 radical (unpaired) electrons. The van der Waals surface area contributed by atoms with Gasteiger partial charge in [-0.05, 0) is 28.1 Å². The van der Waals surface area contributed by atoms with Crippen molar-refractivity contribution < 1.29 is 12.8 Å². The third-order valence-corrected chi connectivity index (χ3v) is 4.50. The number of halogens is 2. The van der Waals surface area contributed by atoms with Crippen LogP contribution in [0.4, 0.5) is 10.1 Å². The fourth-order valence-electron chi connectivity index (χ4n) is 1.29. The van der Waals surface area contributed by atoms with Gasteiger partial charge in [-0.3, -0.25) is 0 Å². The molecule has 0 bridgehead atoms. The summed E-state index contributed by atoms with van der Waals surface area (Å²) in [6.07, 6.45) is 0. The minimum absolute atomic E-state index is 0.0423. The van der Waals surface area contributed by atoms with Crippen LogP contribution in [0, 0.1) is 28.5 Å². The van der Waals surface area contributed by atoms with Crippen LogP contribution in [0.1, 0.15) is 0 Å². The monoisotopic (exact) mass is 346 g/mol. The molecule has 2 N–H and O–H groups in total. The van der Waals surface area contributed by atoms with E-state index in [9.17, 15) is 12.8 Å². The minimum Gasteiger partial charge on any atom is -0.399 e. The van der Waals surface area contributed by atoms with Gasteiger partial charge in [0, 0.05) is 5.69 Å². The van der Waals surface area contributed by atoms with Crippen molar-refractivity contribution in [3.8, 4) is 12.1 Å². The van der Waals surface area contributed by atoms with Gasteiger partial charge in [-0.1, -0.05) is 0 Å². The number of sulfonamides is 1. The van der Waals surface area contributed by atoms with Crippen molar-refractivity contribution in [3.63, 3.8) is 0 Å². The van der Waals surface area contributed by atoms with Crippen LogP contribution in [0.15, 0.2) is 21.5 Å². The van der Waals surface area contributed by atoms with Crippen LogP contribution in [0.25, 0.3) is 0 Å². The Balaban J connectivity index is 3.43. The van der Waals surface area contributed by atoms with Gasteiger partial charge in [0.05, 0.1) is 16.6 Å². The molecule has 0 atom stereocenters. The van der Waals surface area contributed by atoms with Gasteiger partial charge >= 0.3 is 0 Å². The third kappa shape index (κ3) is 3.20. The molecule has 100 valence electrons. The molecule has 0 aromatic heterocycles. The lowest BCUT2D eigenvalue weighted by atomic mass is 10.3. The van der Waals surface area contributed by atoms with E-state index in [1.54, 1.807) is 12.1 Å². The molecular formula is C10H8BrFN4O2S. The number of rotatable bonds is 4. The molecule has 0 saturated carbocycles. The van der Waals surface area contributed by atoms with E-state index in [0.717, 1.165) is 6.07 Å². The van der Waals surface area contributed by atoms with Crippen LogP contribution in [0.3, 0.4) is 0 Å². The highest BCUT2D eigenvalue weighted by Crippen LogP contribution is 2.28. The van der Waals surface area contributed by atoms with E-state index in [-0.39, 0.29) is 10.2 Å². The number of hydrogen-bond acceptors (Lipinski definition) is 5. The fraction of sp³-hybridized carbons (Fsp3) is 0.200. The number of nitriles is 2. The van der Waals surface area contributed by atoms with Gasteiger partial charge in [0.1, 0.15) is 18.0 Å². The summed E-state index contributed by atoms with van der Waals surface area (Å²) in [4.78, 5) is -0.676. The predicted molar refractivity (Wildman–Crippen MR) is 68.5 cm³/mol. The van der Waals surface area contributed by atoms with Crippen LogP contribution < -0.4 is 5.73 Å². The first kappa shape index (κ1) is 15.4. The molecule has 0 aliphatic heterocycles. The largest absolute Gasteiger partial charge is 0.399 e. The molecule has 6 nitrogen and oxygen atoms in total. The average molecular weight is 347 g/mol. The number of nitrogen functional groups attached to an aromatic ring is 1. The van der Waals surface area contributed by atoms with E-state index in [1.165, 1.54) is 6.07 Å². The Kier molecular flexibility index (Phi) is 4.84. The number of nitrogens with zero attached hydrogens (tertiary/aromatic N) is 3. The summed E-state index contributed by atoms with van der Waals surface area (Å²) >= 11 is 2.85. The summed E-state index contributed by atoms with van der Waals surface area (Å²) in [7, 11) is -4.30. The van der Waals surface area contributed by atoms with Crippen molar-refractivity contribution in [2.75, 3.05) is 18.8 Å². The molecule has 0 spiro atoms. The average Bonchev–Trinajstić information content (AvgIpc) is 2.33. The predicted octanol–water partition coefficient (Wildman–Crippen LogP) is 1.21. The highest BCUT2D eigenvalue weighted by atomic mass is 79.9. The molecule has 1 aromatic carbocycles. The van der Waals surface area contributed by atoms with E-state index < -0.39 is 33.8 Å². The van der Waals surface area contributed by atoms with Gasteiger partial charge in [-0.25, -0.2) is 12.8 Å². The quantitative estimate of drug-likeness (QED) is 0.650. The van der Waals surface area contributed by atoms with Gasteiger partial charge in [0.2, 0.25) is 10.0 Å². The van der Waals surface area contributed by atoms with Crippen LogP contribution in [0.5, 0.6) is 0 Å². The van der Waals surface area contributed by atoms with Crippen LogP contribution in [-0.4, -0.2) is 25.8 Å². The summed E-state index contributed by atoms with van der Waals surface area (Å²) in [5, 5.41) is 17.1. The van der Waals surface area contributed by atoms with E-state index in [1.807, 2.05) is 0 Å². The van der Waals surface area contributed by atoms with Crippen molar-refractivity contribution in [1.82, 2.24) is 4.31 Å². The Morgan fingerprint density at radius 1 is 1.32 bits per heavy atom. The Hall–Kier alpha value is -1.68. The molecule has 19 heavy (non-hydrogen) atoms. The minimum atomic E-state index is -4.30. The SMILES string of the molecule is N#CCN(CC#N)S(=O)(=O)c1cc(N)cc(Br)c1F. The Morgan fingerprint density at radius 2 is 1.84 bits per heavy atom. The second-order valence-electron chi connectivity index (χ2n) is 3.40. The number of anilines is 1. The summed E-state index contributed by atoms with van der Waals surface area (Å²) in [6, 6.07) is 5.37. The highest BCUT2D eigenvalue weighted by molar-refractivity contribution is 9.10. The van der Waals surface area contributed by atoms with Crippen molar-refractivity contribution in [2.45, 2.75) is 4.90 Å². The first-order valence-electron chi connectivity index (χ1n) is 4.83. The molecule has 1 aromatic rings. The highest BCUT2D eigenvalue weighted by Gasteiger charge is 2.28. The number of hydrogen-bond donors (Lipinski definition) is 1. The molecule has 0 unspecified atom stereocenters. The molecular weight excluding hydrogens is 339 g/mol. The molecule has 0 fully saturated rings. The van der Waals surface area contributed by atoms with Gasteiger partial charge in [0.15, 0.2) is 5.82 Å². The zero-order chi connectivity index (χ0) is 14.6. The molecule has 9 heteroatoms. The molecule has 0 amide bonds. The summed E-state index contributed by atoms with van der Waals surface area (Å²) in [6.45, 7) is -1.11. The van der Waals surface area contributed by atoms with E-state index in [2.05, 4.69) is 15.9 Å². The Bertz CT molecular complexity index is 662. The lowest BCUT2D eigenvalue weighted by Gasteiger charge is -2.17. The third-order valence-electron chi connectivity index (χ3n) is 2.13. The van der Waals surface area contributed by atoms with E-state index in [0.29, 0.717) is 4.31 Å². The standard InChI is InChI=1S/C10H8BrFN4O2S/c11-8-5-7(15)6-9(10(8)12)19(17,18)16(3-1-13)4-2-14/h5-6H,3-4,15H2. The van der Waals surface area contributed by atoms with Gasteiger partial charge in [-0.2, -0.15) is 14.8 Å². The van der Waals surface area contributed by atoms with Crippen LogP contribution in [-0.2, 0) is 10.0 Å². The number of benzene rings is 1. The topological polar surface area (TPSA) is 111 Å². The number of nitrogens with two attached hydrogens (primary N) is 1. The maximum Gasteiger partial charge on any atom is 0.248 e. The molecule has 1 rings (SSSR count). The summed E-state index contributed by atoms with van der Waals surface area (Å²) in [5.41, 5.74) is 5.51. The van der Waals surface area contributed by atoms with Crippen molar-refractivity contribution in [2.24, 2.45) is 0 Å². The normalized spacial score (nSPS) is 11.0. The van der Waals surface area contributed by atoms with Gasteiger partial charge in [-0.15, -0.1) is 0 Å². The second-order valence-corrected chi connectivity index (χ2v) is 6.16. The van der Waals surface area contributed by atoms with Crippen molar-refractivity contribution >= 4 is 31.6 Å². The molecule has 0 aliphatic carbocycles. The van der Waals surface area contributed by atoms with Crippen LogP contribution in [0.2, 0.25) is 0 Å². The maximum absolute atomic E-state index is 13.8. The van der Waals surface area contributed by atoms with Crippen molar-refractivity contribution in [1.29, 1.82) is 10.5 Å². The summed E-state index contributed by atoms with van der Waals surface area (Å²) in [5.74, 6) is -1.02. The van der Waals surface area contributed by atoms with E-state index >= 15 is 0 Å². The molecule has 0 saturated heterocycles. The Morgan fingerprint density at radius 3 is 2.32 bits per heavy atom. The molecule has 0 aliphatic rings. The zero-order valence-corrected chi connectivity index (χ0v) is 11.9. The first-order valence-corrected chi connectivity index (χ1v) is 7.06. The van der Waals surface area contributed by atoms with Gasteiger partial charge in [0.25, 0.3) is 0 Å². The first-order chi connectivity index (χ1) is 8.84.